The summed E-state index contributed by atoms with van der Waals surface area (Å²) in [5, 5.41) is 0. The van der Waals surface area contributed by atoms with E-state index in [0.29, 0.717) is 10.8 Å². The lowest BCUT2D eigenvalue weighted by atomic mass is 9.42. The molecule has 1 heterocycles. The van der Waals surface area contributed by atoms with Gasteiger partial charge in [-0.05, 0) is 79.4 Å². The molecule has 0 amide bonds. The highest BCUT2D eigenvalue weighted by Gasteiger charge is 2.62. The standard InChI is InChI=1S/C23H36O2.C2H6/c1-15-13-17-18-6-5-16(2)21(18,3)8-7-19(17)22(4)9-10-23(14-20(15)22)24-11-12-25-23;1-2/h5,15,17-20H,6-14H2,1-4H3;1-2H3. The zero-order valence-electron chi connectivity index (χ0n) is 18.6. The van der Waals surface area contributed by atoms with Gasteiger partial charge in [-0.3, -0.25) is 0 Å². The molecule has 0 aromatic heterocycles. The Balaban J connectivity index is 0.000000872. The molecule has 2 heteroatoms. The van der Waals surface area contributed by atoms with Crippen molar-refractivity contribution in [3.63, 3.8) is 0 Å². The molecule has 5 aliphatic rings. The van der Waals surface area contributed by atoms with Crippen LogP contribution in [0.1, 0.15) is 86.5 Å². The Labute approximate surface area is 167 Å². The topological polar surface area (TPSA) is 18.5 Å². The molecule has 1 aliphatic heterocycles. The van der Waals surface area contributed by atoms with Gasteiger partial charge in [0, 0.05) is 12.8 Å². The van der Waals surface area contributed by atoms with Crippen molar-refractivity contribution in [1.29, 1.82) is 0 Å². The number of rotatable bonds is 0. The average Bonchev–Trinajstić information content (AvgIpc) is 3.24. The summed E-state index contributed by atoms with van der Waals surface area (Å²) in [4.78, 5) is 0. The lowest BCUT2D eigenvalue weighted by Gasteiger charge is -2.63. The van der Waals surface area contributed by atoms with E-state index in [9.17, 15) is 0 Å². The maximum atomic E-state index is 6.13. The number of hydrogen-bond donors (Lipinski definition) is 0. The van der Waals surface area contributed by atoms with Crippen molar-refractivity contribution in [2.45, 2.75) is 92.3 Å². The minimum absolute atomic E-state index is 0.222. The fourth-order valence-corrected chi connectivity index (χ4v) is 8.20. The minimum atomic E-state index is -0.222. The van der Waals surface area contributed by atoms with Crippen LogP contribution in [0.3, 0.4) is 0 Å². The molecule has 0 aromatic rings. The van der Waals surface area contributed by atoms with Gasteiger partial charge in [0.15, 0.2) is 5.79 Å². The van der Waals surface area contributed by atoms with Crippen LogP contribution in [0.25, 0.3) is 0 Å². The smallest absolute Gasteiger partial charge is 0.168 e. The third kappa shape index (κ3) is 2.80. The summed E-state index contributed by atoms with van der Waals surface area (Å²) in [6.07, 6.45) is 11.8. The normalized spacial score (nSPS) is 50.1. The van der Waals surface area contributed by atoms with Crippen molar-refractivity contribution in [2.75, 3.05) is 13.2 Å². The Hall–Kier alpha value is -0.340. The van der Waals surface area contributed by atoms with Crippen molar-refractivity contribution < 1.29 is 9.47 Å². The van der Waals surface area contributed by atoms with E-state index in [4.69, 9.17) is 9.47 Å². The SMILES string of the molecule is CC.CC1=CCC2C3CC(C)C4CC5(CCC4(C)C3CCC12C)OCCO5. The van der Waals surface area contributed by atoms with E-state index in [1.807, 2.05) is 13.8 Å². The van der Waals surface area contributed by atoms with Crippen LogP contribution in [0.2, 0.25) is 0 Å². The number of fused-ring (bicyclic) bond motifs is 5. The predicted molar refractivity (Wildman–Crippen MR) is 111 cm³/mol. The molecule has 0 bridgehead atoms. The highest BCUT2D eigenvalue weighted by molar-refractivity contribution is 5.24. The van der Waals surface area contributed by atoms with Gasteiger partial charge in [0.1, 0.15) is 0 Å². The van der Waals surface area contributed by atoms with Crippen LogP contribution >= 0.6 is 0 Å². The summed E-state index contributed by atoms with van der Waals surface area (Å²) < 4.78 is 12.3. The van der Waals surface area contributed by atoms with Crippen LogP contribution in [-0.4, -0.2) is 19.0 Å². The van der Waals surface area contributed by atoms with Crippen molar-refractivity contribution in [3.05, 3.63) is 11.6 Å². The van der Waals surface area contributed by atoms with Gasteiger partial charge in [-0.2, -0.15) is 0 Å². The Bertz CT molecular complexity index is 589. The van der Waals surface area contributed by atoms with E-state index >= 15 is 0 Å². The second kappa shape index (κ2) is 6.87. The van der Waals surface area contributed by atoms with Gasteiger partial charge >= 0.3 is 0 Å². The molecule has 7 atom stereocenters. The van der Waals surface area contributed by atoms with E-state index in [1.165, 1.54) is 32.1 Å². The molecular weight excluding hydrogens is 332 g/mol. The van der Waals surface area contributed by atoms with Gasteiger partial charge < -0.3 is 9.47 Å². The van der Waals surface area contributed by atoms with E-state index < -0.39 is 0 Å². The molecule has 0 radical (unpaired) electrons. The second-order valence-electron chi connectivity index (χ2n) is 10.6. The van der Waals surface area contributed by atoms with Gasteiger partial charge in [-0.1, -0.05) is 46.3 Å². The first-order valence-electron chi connectivity index (χ1n) is 11.8. The van der Waals surface area contributed by atoms with E-state index in [-0.39, 0.29) is 5.79 Å². The Morgan fingerprint density at radius 3 is 2.37 bits per heavy atom. The van der Waals surface area contributed by atoms with Crippen molar-refractivity contribution in [2.24, 2.45) is 40.4 Å². The van der Waals surface area contributed by atoms with Crippen LogP contribution in [-0.2, 0) is 9.47 Å². The van der Waals surface area contributed by atoms with Crippen molar-refractivity contribution >= 4 is 0 Å². The molecule has 1 spiro atoms. The third-order valence-corrected chi connectivity index (χ3v) is 9.82. The van der Waals surface area contributed by atoms with E-state index in [2.05, 4.69) is 33.8 Å². The predicted octanol–water partition coefficient (Wildman–Crippen LogP) is 6.60. The van der Waals surface area contributed by atoms with Gasteiger partial charge in [0.05, 0.1) is 13.2 Å². The molecule has 3 saturated carbocycles. The summed E-state index contributed by atoms with van der Waals surface area (Å²) in [6.45, 7) is 15.8. The van der Waals surface area contributed by atoms with E-state index in [1.54, 1.807) is 5.57 Å². The maximum absolute atomic E-state index is 6.13. The molecule has 27 heavy (non-hydrogen) atoms. The quantitative estimate of drug-likeness (QED) is 0.445. The van der Waals surface area contributed by atoms with Crippen LogP contribution < -0.4 is 0 Å². The zero-order valence-corrected chi connectivity index (χ0v) is 18.6. The molecule has 2 nitrogen and oxygen atoms in total. The highest BCUT2D eigenvalue weighted by atomic mass is 16.7. The Morgan fingerprint density at radius 2 is 1.67 bits per heavy atom. The van der Waals surface area contributed by atoms with Crippen LogP contribution in [0.15, 0.2) is 11.6 Å². The second-order valence-corrected chi connectivity index (χ2v) is 10.6. The molecule has 1 saturated heterocycles. The van der Waals surface area contributed by atoms with Crippen LogP contribution in [0.4, 0.5) is 0 Å². The van der Waals surface area contributed by atoms with Crippen molar-refractivity contribution in [3.8, 4) is 0 Å². The highest BCUT2D eigenvalue weighted by Crippen LogP contribution is 2.68. The molecule has 4 fully saturated rings. The van der Waals surface area contributed by atoms with Crippen molar-refractivity contribution in [1.82, 2.24) is 0 Å². The first-order valence-corrected chi connectivity index (χ1v) is 11.8. The summed E-state index contributed by atoms with van der Waals surface area (Å²) >= 11 is 0. The largest absolute Gasteiger partial charge is 0.348 e. The first kappa shape index (κ1) is 20.0. The Kier molecular flexibility index (Phi) is 5.08. The van der Waals surface area contributed by atoms with Gasteiger partial charge in [-0.15, -0.1) is 0 Å². The minimum Gasteiger partial charge on any atom is -0.348 e. The molecule has 5 rings (SSSR count). The maximum Gasteiger partial charge on any atom is 0.168 e. The third-order valence-electron chi connectivity index (χ3n) is 9.82. The summed E-state index contributed by atoms with van der Waals surface area (Å²) in [5.41, 5.74) is 2.68. The Morgan fingerprint density at radius 1 is 0.963 bits per heavy atom. The average molecular weight is 375 g/mol. The fourth-order valence-electron chi connectivity index (χ4n) is 8.20. The molecular formula is C25H42O2. The zero-order chi connectivity index (χ0) is 19.4. The van der Waals surface area contributed by atoms with Gasteiger partial charge in [0.25, 0.3) is 0 Å². The van der Waals surface area contributed by atoms with E-state index in [0.717, 1.165) is 55.6 Å². The molecule has 0 N–H and O–H groups in total. The molecule has 4 aliphatic carbocycles. The molecule has 7 unspecified atom stereocenters. The summed E-state index contributed by atoms with van der Waals surface area (Å²) in [6, 6.07) is 0. The fraction of sp³-hybridized carbons (Fsp3) is 0.920. The van der Waals surface area contributed by atoms with Gasteiger partial charge in [-0.25, -0.2) is 0 Å². The number of hydrogen-bond acceptors (Lipinski definition) is 2. The first-order chi connectivity index (χ1) is 12.9. The van der Waals surface area contributed by atoms with Gasteiger partial charge in [0.2, 0.25) is 0 Å². The van der Waals surface area contributed by atoms with Crippen LogP contribution in [0, 0.1) is 40.4 Å². The number of allylic oxidation sites excluding steroid dienone is 2. The lowest BCUT2D eigenvalue weighted by Crippen LogP contribution is -2.58. The molecule has 154 valence electrons. The lowest BCUT2D eigenvalue weighted by molar-refractivity contribution is -0.237. The monoisotopic (exact) mass is 374 g/mol. The number of ether oxygens (including phenoxy) is 2. The van der Waals surface area contributed by atoms with Crippen LogP contribution in [0.5, 0.6) is 0 Å². The summed E-state index contributed by atoms with van der Waals surface area (Å²) in [7, 11) is 0. The summed E-state index contributed by atoms with van der Waals surface area (Å²) in [5.74, 6) is 4.12. The molecule has 0 aromatic carbocycles.